The Morgan fingerprint density at radius 3 is 2.64 bits per heavy atom. The van der Waals surface area contributed by atoms with Gasteiger partial charge in [-0.2, -0.15) is 0 Å². The highest BCUT2D eigenvalue weighted by atomic mass is 32.1. The average Bonchev–Trinajstić information content (AvgIpc) is 2.48. The van der Waals surface area contributed by atoms with Gasteiger partial charge in [-0.15, -0.1) is 0 Å². The first kappa shape index (κ1) is 15.7. The molecule has 0 heterocycles. The van der Waals surface area contributed by atoms with Crippen LogP contribution in [-0.2, 0) is 11.2 Å². The second kappa shape index (κ2) is 7.37. The summed E-state index contributed by atoms with van der Waals surface area (Å²) in [6.45, 7) is 0.363. The Balaban J connectivity index is 1.79. The summed E-state index contributed by atoms with van der Waals surface area (Å²) < 4.78 is 5.37. The highest BCUT2D eigenvalue weighted by Gasteiger charge is 2.05. The number of aromatic hydroxyl groups is 1. The van der Waals surface area contributed by atoms with E-state index >= 15 is 0 Å². The van der Waals surface area contributed by atoms with E-state index in [1.807, 2.05) is 6.07 Å². The lowest BCUT2D eigenvalue weighted by Gasteiger charge is -2.09. The summed E-state index contributed by atoms with van der Waals surface area (Å²) in [5.41, 5.74) is 1.58. The molecule has 2 rings (SSSR count). The lowest BCUT2D eigenvalue weighted by atomic mass is 10.1. The van der Waals surface area contributed by atoms with E-state index in [4.69, 9.17) is 17.0 Å². The number of non-ortho nitro benzene ring substituents is 1. The van der Waals surface area contributed by atoms with Crippen LogP contribution in [0.15, 0.2) is 48.5 Å². The summed E-state index contributed by atoms with van der Waals surface area (Å²) in [6, 6.07) is 12.8. The monoisotopic (exact) mass is 318 g/mol. The second-order valence-electron chi connectivity index (χ2n) is 4.48. The minimum Gasteiger partial charge on any atom is -0.508 e. The fourth-order valence-corrected chi connectivity index (χ4v) is 2.00. The fourth-order valence-electron chi connectivity index (χ4n) is 1.79. The minimum atomic E-state index is -0.464. The summed E-state index contributed by atoms with van der Waals surface area (Å²) in [7, 11) is 0. The van der Waals surface area contributed by atoms with Gasteiger partial charge in [-0.1, -0.05) is 12.1 Å². The number of hydrogen-bond acceptors (Lipinski definition) is 5. The number of phenolic OH excluding ortho intramolecular Hbond substituents is 1. The number of rotatable bonds is 5. The van der Waals surface area contributed by atoms with Gasteiger partial charge in [0.15, 0.2) is 0 Å². The number of phenols is 1. The number of nitro benzene ring substituents is 1. The molecule has 0 spiro atoms. The second-order valence-corrected chi connectivity index (χ2v) is 4.86. The number of nitrogens with zero attached hydrogens (tertiary/aromatic N) is 1. The predicted molar refractivity (Wildman–Crippen MR) is 87.1 cm³/mol. The van der Waals surface area contributed by atoms with Crippen LogP contribution in [0, 0.1) is 10.1 Å². The van der Waals surface area contributed by atoms with Gasteiger partial charge in [0, 0.05) is 24.2 Å². The quantitative estimate of drug-likeness (QED) is 0.500. The van der Waals surface area contributed by atoms with E-state index in [1.165, 1.54) is 12.1 Å². The van der Waals surface area contributed by atoms with Crippen LogP contribution in [0.4, 0.5) is 11.4 Å². The van der Waals surface area contributed by atoms with Gasteiger partial charge in [-0.25, -0.2) is 0 Å². The van der Waals surface area contributed by atoms with Gasteiger partial charge in [0.25, 0.3) is 10.9 Å². The van der Waals surface area contributed by atoms with E-state index in [0.717, 1.165) is 5.56 Å². The van der Waals surface area contributed by atoms with Crippen molar-refractivity contribution in [3.63, 3.8) is 0 Å². The Kier molecular flexibility index (Phi) is 5.26. The molecular weight excluding hydrogens is 304 g/mol. The first-order chi connectivity index (χ1) is 10.5. The van der Waals surface area contributed by atoms with E-state index in [1.54, 1.807) is 30.3 Å². The van der Waals surface area contributed by atoms with E-state index < -0.39 is 4.92 Å². The molecular formula is C15H14N2O4S. The van der Waals surface area contributed by atoms with Gasteiger partial charge in [0.1, 0.15) is 5.75 Å². The predicted octanol–water partition coefficient (Wildman–Crippen LogP) is 3.26. The van der Waals surface area contributed by atoms with Crippen LogP contribution in [0.1, 0.15) is 5.56 Å². The third kappa shape index (κ3) is 4.71. The lowest BCUT2D eigenvalue weighted by molar-refractivity contribution is -0.384. The smallest absolute Gasteiger partial charge is 0.269 e. The Labute approximate surface area is 132 Å². The molecule has 0 saturated heterocycles. The summed E-state index contributed by atoms with van der Waals surface area (Å²) in [5.74, 6) is 0.212. The van der Waals surface area contributed by atoms with Crippen molar-refractivity contribution >= 4 is 28.8 Å². The average molecular weight is 318 g/mol. The SMILES string of the molecule is O=[N+]([O-])c1ccc(NC(=S)OCCc2cccc(O)c2)cc1. The molecule has 0 fully saturated rings. The number of benzene rings is 2. The van der Waals surface area contributed by atoms with E-state index in [0.29, 0.717) is 18.7 Å². The van der Waals surface area contributed by atoms with Gasteiger partial charge in [0.05, 0.1) is 11.5 Å². The Hall–Kier alpha value is -2.67. The normalized spacial score (nSPS) is 10.0. The van der Waals surface area contributed by atoms with E-state index in [9.17, 15) is 15.2 Å². The van der Waals surface area contributed by atoms with E-state index in [2.05, 4.69) is 5.32 Å². The van der Waals surface area contributed by atoms with Crippen molar-refractivity contribution in [1.29, 1.82) is 0 Å². The topological polar surface area (TPSA) is 84.6 Å². The molecule has 0 saturated carbocycles. The number of hydrogen-bond donors (Lipinski definition) is 2. The zero-order valence-electron chi connectivity index (χ0n) is 11.6. The maximum atomic E-state index is 10.6. The number of ether oxygens (including phenoxy) is 1. The van der Waals surface area contributed by atoms with Gasteiger partial charge in [0.2, 0.25) is 0 Å². The summed E-state index contributed by atoms with van der Waals surface area (Å²) in [4.78, 5) is 10.1. The van der Waals surface area contributed by atoms with Crippen molar-refractivity contribution in [2.45, 2.75) is 6.42 Å². The minimum absolute atomic E-state index is 0.0151. The third-order valence-corrected chi connectivity index (χ3v) is 3.08. The molecule has 0 aliphatic rings. The third-order valence-electron chi connectivity index (χ3n) is 2.86. The van der Waals surface area contributed by atoms with Crippen LogP contribution >= 0.6 is 12.2 Å². The first-order valence-corrected chi connectivity index (χ1v) is 6.91. The molecule has 22 heavy (non-hydrogen) atoms. The molecule has 0 bridgehead atoms. The van der Waals surface area contributed by atoms with Crippen molar-refractivity contribution in [1.82, 2.24) is 0 Å². The van der Waals surface area contributed by atoms with Crippen LogP contribution in [0.5, 0.6) is 5.75 Å². The van der Waals surface area contributed by atoms with Crippen LogP contribution < -0.4 is 5.32 Å². The number of nitrogens with one attached hydrogen (secondary N) is 1. The van der Waals surface area contributed by atoms with E-state index in [-0.39, 0.29) is 16.6 Å². The van der Waals surface area contributed by atoms with Crippen LogP contribution in [0.3, 0.4) is 0 Å². The maximum absolute atomic E-state index is 10.6. The van der Waals surface area contributed by atoms with Crippen molar-refractivity contribution in [2.75, 3.05) is 11.9 Å². The molecule has 0 amide bonds. The van der Waals surface area contributed by atoms with Gasteiger partial charge >= 0.3 is 0 Å². The van der Waals surface area contributed by atoms with Crippen LogP contribution in [0.25, 0.3) is 0 Å². The molecule has 2 aromatic rings. The number of thiocarbonyl (C=S) groups is 1. The molecule has 0 radical (unpaired) electrons. The largest absolute Gasteiger partial charge is 0.508 e. The highest BCUT2D eigenvalue weighted by molar-refractivity contribution is 7.80. The molecule has 0 aromatic heterocycles. The fraction of sp³-hybridized carbons (Fsp3) is 0.133. The molecule has 7 heteroatoms. The Morgan fingerprint density at radius 1 is 1.27 bits per heavy atom. The van der Waals surface area contributed by atoms with Crippen molar-refractivity contribution in [2.24, 2.45) is 0 Å². The molecule has 2 N–H and O–H groups in total. The highest BCUT2D eigenvalue weighted by Crippen LogP contribution is 2.16. The van der Waals surface area contributed by atoms with Gasteiger partial charge < -0.3 is 15.2 Å². The first-order valence-electron chi connectivity index (χ1n) is 6.51. The van der Waals surface area contributed by atoms with Crippen LogP contribution in [-0.4, -0.2) is 21.8 Å². The molecule has 0 unspecified atom stereocenters. The van der Waals surface area contributed by atoms with Crippen molar-refractivity contribution < 1.29 is 14.8 Å². The number of anilines is 1. The molecule has 114 valence electrons. The number of nitro groups is 1. The molecule has 0 aliphatic heterocycles. The zero-order valence-corrected chi connectivity index (χ0v) is 12.4. The Morgan fingerprint density at radius 2 is 2.00 bits per heavy atom. The molecule has 6 nitrogen and oxygen atoms in total. The van der Waals surface area contributed by atoms with Crippen LogP contribution in [0.2, 0.25) is 0 Å². The van der Waals surface area contributed by atoms with Gasteiger partial charge in [-0.05, 0) is 42.0 Å². The zero-order chi connectivity index (χ0) is 15.9. The molecule has 2 aromatic carbocycles. The summed E-state index contributed by atoms with van der Waals surface area (Å²) in [5, 5.41) is 22.9. The molecule has 0 atom stereocenters. The van der Waals surface area contributed by atoms with Gasteiger partial charge in [-0.3, -0.25) is 10.1 Å². The van der Waals surface area contributed by atoms with Crippen molar-refractivity contribution in [3.8, 4) is 5.75 Å². The molecule has 0 aliphatic carbocycles. The standard InChI is InChI=1S/C15H14N2O4S/c18-14-3-1-2-11(10-14)8-9-21-15(22)16-12-4-6-13(7-5-12)17(19)20/h1-7,10,18H,8-9H2,(H,16,22). The van der Waals surface area contributed by atoms with Crippen molar-refractivity contribution in [3.05, 3.63) is 64.2 Å². The Bertz CT molecular complexity index is 673. The lowest BCUT2D eigenvalue weighted by Crippen LogP contribution is -2.15. The maximum Gasteiger partial charge on any atom is 0.269 e. The summed E-state index contributed by atoms with van der Waals surface area (Å²) >= 11 is 5.05. The summed E-state index contributed by atoms with van der Waals surface area (Å²) in [6.07, 6.45) is 0.608.